The van der Waals surface area contributed by atoms with Gasteiger partial charge in [-0.3, -0.25) is 0 Å². The fourth-order valence-electron chi connectivity index (χ4n) is 5.02. The van der Waals surface area contributed by atoms with Crippen molar-refractivity contribution in [3.05, 3.63) is 82.4 Å². The first-order valence-corrected chi connectivity index (χ1v) is 9.26. The number of rotatable bonds is 0. The lowest BCUT2D eigenvalue weighted by Gasteiger charge is -2.24. The molecule has 0 heterocycles. The molecule has 0 saturated heterocycles. The molecule has 126 valence electrons. The van der Waals surface area contributed by atoms with Crippen LogP contribution in [0.2, 0.25) is 0 Å². The van der Waals surface area contributed by atoms with Gasteiger partial charge in [0.25, 0.3) is 0 Å². The molecule has 0 nitrogen and oxygen atoms in total. The minimum absolute atomic E-state index is 0.0335. The van der Waals surface area contributed by atoms with Gasteiger partial charge in [0.1, 0.15) is 0 Å². The highest BCUT2D eigenvalue weighted by atomic mass is 14.4. The van der Waals surface area contributed by atoms with Crippen LogP contribution in [0.15, 0.2) is 54.6 Å². The topological polar surface area (TPSA) is 0 Å². The van der Waals surface area contributed by atoms with Crippen molar-refractivity contribution in [2.45, 2.75) is 38.5 Å². The molecule has 0 heteroatoms. The predicted octanol–water partition coefficient (Wildman–Crippen LogP) is 6.28. The van der Waals surface area contributed by atoms with E-state index in [0.29, 0.717) is 0 Å². The SMILES string of the molecule is C#Cc1ccc2c(c1)C(C)(C)c1cc3c(cc1-2)C(C)(C)c1ccccc1-3. The number of terminal acetylenes is 1. The van der Waals surface area contributed by atoms with Crippen molar-refractivity contribution in [2.24, 2.45) is 0 Å². The third kappa shape index (κ3) is 1.71. The molecular formula is C26H22. The first-order chi connectivity index (χ1) is 12.4. The van der Waals surface area contributed by atoms with Crippen molar-refractivity contribution in [1.29, 1.82) is 0 Å². The molecule has 2 aliphatic carbocycles. The Morgan fingerprint density at radius 1 is 0.615 bits per heavy atom. The fourth-order valence-corrected chi connectivity index (χ4v) is 5.02. The van der Waals surface area contributed by atoms with Gasteiger partial charge < -0.3 is 0 Å². The Morgan fingerprint density at radius 3 is 1.81 bits per heavy atom. The monoisotopic (exact) mass is 334 g/mol. The highest BCUT2D eigenvalue weighted by Crippen LogP contribution is 2.55. The zero-order chi connectivity index (χ0) is 18.3. The van der Waals surface area contributed by atoms with E-state index in [9.17, 15) is 0 Å². The summed E-state index contributed by atoms with van der Waals surface area (Å²) in [6, 6.07) is 20.2. The maximum absolute atomic E-state index is 5.66. The van der Waals surface area contributed by atoms with Crippen molar-refractivity contribution in [1.82, 2.24) is 0 Å². The molecule has 0 unspecified atom stereocenters. The summed E-state index contributed by atoms with van der Waals surface area (Å²) in [6.07, 6.45) is 5.66. The van der Waals surface area contributed by atoms with Gasteiger partial charge in [-0.25, -0.2) is 0 Å². The van der Waals surface area contributed by atoms with E-state index in [0.717, 1.165) is 5.56 Å². The van der Waals surface area contributed by atoms with Crippen molar-refractivity contribution in [3.63, 3.8) is 0 Å². The minimum atomic E-state index is -0.0335. The van der Waals surface area contributed by atoms with E-state index < -0.39 is 0 Å². The Morgan fingerprint density at radius 2 is 1.15 bits per heavy atom. The van der Waals surface area contributed by atoms with Crippen LogP contribution >= 0.6 is 0 Å². The quantitative estimate of drug-likeness (QED) is 0.424. The van der Waals surface area contributed by atoms with Gasteiger partial charge in [0, 0.05) is 16.4 Å². The molecule has 2 aliphatic rings. The zero-order valence-electron chi connectivity index (χ0n) is 15.8. The lowest BCUT2D eigenvalue weighted by Crippen LogP contribution is -2.17. The number of benzene rings is 3. The molecule has 0 aliphatic heterocycles. The van der Waals surface area contributed by atoms with E-state index in [2.05, 4.69) is 88.2 Å². The Labute approximate surface area is 155 Å². The summed E-state index contributed by atoms with van der Waals surface area (Å²) >= 11 is 0. The van der Waals surface area contributed by atoms with Gasteiger partial charge >= 0.3 is 0 Å². The lowest BCUT2D eigenvalue weighted by atomic mass is 9.79. The lowest BCUT2D eigenvalue weighted by molar-refractivity contribution is 0.652. The first-order valence-electron chi connectivity index (χ1n) is 9.26. The average Bonchev–Trinajstić information content (AvgIpc) is 3.00. The molecule has 0 radical (unpaired) electrons. The van der Waals surface area contributed by atoms with Crippen LogP contribution in [0.3, 0.4) is 0 Å². The summed E-state index contributed by atoms with van der Waals surface area (Å²) in [5.41, 5.74) is 12.1. The van der Waals surface area contributed by atoms with Crippen molar-refractivity contribution < 1.29 is 0 Å². The second-order valence-electron chi connectivity index (χ2n) is 8.64. The van der Waals surface area contributed by atoms with Crippen LogP contribution < -0.4 is 0 Å². The summed E-state index contributed by atoms with van der Waals surface area (Å²) in [5.74, 6) is 2.79. The highest BCUT2D eigenvalue weighted by Gasteiger charge is 2.41. The molecule has 0 saturated carbocycles. The predicted molar refractivity (Wildman–Crippen MR) is 110 cm³/mol. The number of hydrogen-bond acceptors (Lipinski definition) is 0. The molecule has 0 N–H and O–H groups in total. The van der Waals surface area contributed by atoms with Crippen molar-refractivity contribution >= 4 is 0 Å². The van der Waals surface area contributed by atoms with Crippen LogP contribution in [0, 0.1) is 12.3 Å². The maximum Gasteiger partial charge on any atom is 0.0246 e. The Balaban J connectivity index is 1.84. The second-order valence-corrected chi connectivity index (χ2v) is 8.64. The van der Waals surface area contributed by atoms with Gasteiger partial charge in [0.15, 0.2) is 0 Å². The van der Waals surface area contributed by atoms with Gasteiger partial charge in [-0.2, -0.15) is 0 Å². The van der Waals surface area contributed by atoms with Crippen molar-refractivity contribution in [2.75, 3.05) is 0 Å². The number of fused-ring (bicyclic) bond motifs is 6. The third-order valence-electron chi connectivity index (χ3n) is 6.54. The van der Waals surface area contributed by atoms with Gasteiger partial charge in [-0.1, -0.05) is 63.9 Å². The summed E-state index contributed by atoms with van der Waals surface area (Å²) in [6.45, 7) is 9.31. The fraction of sp³-hybridized carbons (Fsp3) is 0.231. The van der Waals surface area contributed by atoms with E-state index >= 15 is 0 Å². The Kier molecular flexibility index (Phi) is 2.79. The van der Waals surface area contributed by atoms with Crippen LogP contribution in [-0.2, 0) is 10.8 Å². The smallest absolute Gasteiger partial charge is 0.0246 e. The van der Waals surface area contributed by atoms with Crippen LogP contribution in [-0.4, -0.2) is 0 Å². The molecule has 0 bridgehead atoms. The van der Waals surface area contributed by atoms with E-state index in [-0.39, 0.29) is 10.8 Å². The van der Waals surface area contributed by atoms with Crippen LogP contribution in [0.5, 0.6) is 0 Å². The molecule has 3 aromatic carbocycles. The Hall–Kier alpha value is -2.78. The minimum Gasteiger partial charge on any atom is -0.115 e. The Bertz CT molecular complexity index is 1130. The summed E-state index contributed by atoms with van der Waals surface area (Å²) in [7, 11) is 0. The summed E-state index contributed by atoms with van der Waals surface area (Å²) in [5, 5.41) is 0. The van der Waals surface area contributed by atoms with Gasteiger partial charge in [0.2, 0.25) is 0 Å². The summed E-state index contributed by atoms with van der Waals surface area (Å²) in [4.78, 5) is 0. The van der Waals surface area contributed by atoms with E-state index in [1.54, 1.807) is 0 Å². The molecule has 26 heavy (non-hydrogen) atoms. The van der Waals surface area contributed by atoms with E-state index in [1.165, 1.54) is 44.5 Å². The van der Waals surface area contributed by atoms with Crippen LogP contribution in [0.25, 0.3) is 22.3 Å². The van der Waals surface area contributed by atoms with Gasteiger partial charge in [-0.15, -0.1) is 6.42 Å². The van der Waals surface area contributed by atoms with E-state index in [1.807, 2.05) is 0 Å². The van der Waals surface area contributed by atoms with Gasteiger partial charge in [0.05, 0.1) is 0 Å². The average molecular weight is 334 g/mol. The van der Waals surface area contributed by atoms with E-state index in [4.69, 9.17) is 6.42 Å². The zero-order valence-corrected chi connectivity index (χ0v) is 15.8. The first kappa shape index (κ1) is 15.5. The third-order valence-corrected chi connectivity index (χ3v) is 6.54. The molecule has 5 rings (SSSR count). The molecular weight excluding hydrogens is 312 g/mol. The maximum atomic E-state index is 5.66. The molecule has 0 aromatic heterocycles. The molecule has 0 spiro atoms. The second kappa shape index (κ2) is 4.68. The standard InChI is InChI=1S/C26H22/c1-6-16-11-12-18-20-15-23-19(14-24(20)26(4,5)22(18)13-16)17-9-7-8-10-21(17)25(23,2)3/h1,7-15H,2-5H3. The normalized spacial score (nSPS) is 17.0. The molecule has 3 aromatic rings. The molecule has 0 fully saturated rings. The highest BCUT2D eigenvalue weighted by molar-refractivity contribution is 5.89. The van der Waals surface area contributed by atoms with Crippen molar-refractivity contribution in [3.8, 4) is 34.6 Å². The van der Waals surface area contributed by atoms with Crippen LogP contribution in [0.4, 0.5) is 0 Å². The molecule has 0 atom stereocenters. The molecule has 0 amide bonds. The van der Waals surface area contributed by atoms with Gasteiger partial charge in [-0.05, 0) is 68.8 Å². The largest absolute Gasteiger partial charge is 0.115 e. The van der Waals surface area contributed by atoms with Crippen LogP contribution in [0.1, 0.15) is 55.5 Å². The summed E-state index contributed by atoms with van der Waals surface area (Å²) < 4.78 is 0. The number of hydrogen-bond donors (Lipinski definition) is 0.